The largest absolute Gasteiger partial charge is 0.494 e. The zero-order chi connectivity index (χ0) is 17.4. The van der Waals surface area contributed by atoms with Gasteiger partial charge in [0.2, 0.25) is 5.91 Å². The van der Waals surface area contributed by atoms with E-state index >= 15 is 0 Å². The summed E-state index contributed by atoms with van der Waals surface area (Å²) in [5.41, 5.74) is 3.16. The standard InChI is InChI=1S/C19H22N2O2S/c1-14-9-11-16(12-10-14)23-13-5-8-18(22)21-19(24)20-17-7-4-3-6-15(17)2/h3-4,6-7,9-12H,5,8,13H2,1-2H3,(H2,20,21,22,24). The Morgan fingerprint density at radius 1 is 1.08 bits per heavy atom. The molecule has 1 amide bonds. The molecule has 0 saturated carbocycles. The van der Waals surface area contributed by atoms with Crippen molar-refractivity contribution in [1.82, 2.24) is 5.32 Å². The molecule has 126 valence electrons. The van der Waals surface area contributed by atoms with Gasteiger partial charge in [0.1, 0.15) is 5.75 Å². The molecular weight excluding hydrogens is 320 g/mol. The second-order valence-electron chi connectivity index (χ2n) is 5.58. The van der Waals surface area contributed by atoms with Gasteiger partial charge in [0.25, 0.3) is 0 Å². The third-order valence-corrected chi connectivity index (χ3v) is 3.69. The van der Waals surface area contributed by atoms with Crippen LogP contribution in [0, 0.1) is 13.8 Å². The molecule has 2 aromatic rings. The van der Waals surface area contributed by atoms with Gasteiger partial charge in [0.15, 0.2) is 5.11 Å². The van der Waals surface area contributed by atoms with Crippen molar-refractivity contribution in [3.63, 3.8) is 0 Å². The Morgan fingerprint density at radius 2 is 1.79 bits per heavy atom. The van der Waals surface area contributed by atoms with Crippen molar-refractivity contribution in [2.24, 2.45) is 0 Å². The molecule has 0 aliphatic carbocycles. The number of hydrogen-bond acceptors (Lipinski definition) is 3. The van der Waals surface area contributed by atoms with Crippen LogP contribution in [0.3, 0.4) is 0 Å². The summed E-state index contributed by atoms with van der Waals surface area (Å²) in [6.45, 7) is 4.51. The van der Waals surface area contributed by atoms with E-state index in [9.17, 15) is 4.79 Å². The number of rotatable bonds is 6. The lowest BCUT2D eigenvalue weighted by Gasteiger charge is -2.11. The van der Waals surface area contributed by atoms with Crippen molar-refractivity contribution in [3.05, 3.63) is 59.7 Å². The van der Waals surface area contributed by atoms with E-state index in [4.69, 9.17) is 17.0 Å². The smallest absolute Gasteiger partial charge is 0.226 e. The number of thiocarbonyl (C=S) groups is 1. The van der Waals surface area contributed by atoms with Gasteiger partial charge >= 0.3 is 0 Å². The van der Waals surface area contributed by atoms with Gasteiger partial charge in [-0.2, -0.15) is 0 Å². The number of carbonyl (C=O) groups is 1. The monoisotopic (exact) mass is 342 g/mol. The molecular formula is C19H22N2O2S. The first-order valence-corrected chi connectivity index (χ1v) is 8.31. The molecule has 0 aliphatic rings. The lowest BCUT2D eigenvalue weighted by molar-refractivity contribution is -0.119. The highest BCUT2D eigenvalue weighted by Gasteiger charge is 2.06. The molecule has 0 saturated heterocycles. The van der Waals surface area contributed by atoms with Gasteiger partial charge in [-0.15, -0.1) is 0 Å². The molecule has 0 unspecified atom stereocenters. The Kier molecular flexibility index (Phi) is 6.75. The Hall–Kier alpha value is -2.40. The van der Waals surface area contributed by atoms with Gasteiger partial charge in [-0.3, -0.25) is 4.79 Å². The second kappa shape index (κ2) is 9.03. The molecule has 0 aromatic heterocycles. The normalized spacial score (nSPS) is 10.1. The fourth-order valence-corrected chi connectivity index (χ4v) is 2.34. The maximum Gasteiger partial charge on any atom is 0.226 e. The first kappa shape index (κ1) is 17.9. The van der Waals surface area contributed by atoms with Crippen LogP contribution in [0.4, 0.5) is 5.69 Å². The summed E-state index contributed by atoms with van der Waals surface area (Å²) >= 11 is 5.17. The van der Waals surface area contributed by atoms with Crippen LogP contribution in [-0.4, -0.2) is 17.6 Å². The second-order valence-corrected chi connectivity index (χ2v) is 5.99. The molecule has 2 N–H and O–H groups in total. The number of benzene rings is 2. The number of para-hydroxylation sites is 1. The predicted molar refractivity (Wildman–Crippen MR) is 101 cm³/mol. The minimum atomic E-state index is -0.117. The Labute approximate surface area is 148 Å². The molecule has 0 spiro atoms. The number of aryl methyl sites for hydroxylation is 2. The molecule has 0 heterocycles. The molecule has 0 bridgehead atoms. The van der Waals surface area contributed by atoms with Crippen molar-refractivity contribution in [3.8, 4) is 5.75 Å². The van der Waals surface area contributed by atoms with Crippen LogP contribution in [0.15, 0.2) is 48.5 Å². The first-order valence-electron chi connectivity index (χ1n) is 7.90. The van der Waals surface area contributed by atoms with E-state index in [-0.39, 0.29) is 5.91 Å². The van der Waals surface area contributed by atoms with Crippen LogP contribution in [0.1, 0.15) is 24.0 Å². The maximum absolute atomic E-state index is 11.9. The summed E-state index contributed by atoms with van der Waals surface area (Å²) in [4.78, 5) is 11.9. The van der Waals surface area contributed by atoms with E-state index in [2.05, 4.69) is 10.6 Å². The summed E-state index contributed by atoms with van der Waals surface area (Å²) in [7, 11) is 0. The first-order chi connectivity index (χ1) is 11.5. The summed E-state index contributed by atoms with van der Waals surface area (Å²) in [6, 6.07) is 15.6. The number of anilines is 1. The summed E-state index contributed by atoms with van der Waals surface area (Å²) < 4.78 is 5.60. The molecule has 2 aromatic carbocycles. The number of nitrogens with one attached hydrogen (secondary N) is 2. The van der Waals surface area contributed by atoms with Crippen molar-refractivity contribution in [2.45, 2.75) is 26.7 Å². The number of ether oxygens (including phenoxy) is 1. The lowest BCUT2D eigenvalue weighted by Crippen LogP contribution is -2.34. The molecule has 4 nitrogen and oxygen atoms in total. The van der Waals surface area contributed by atoms with Crippen LogP contribution in [0.2, 0.25) is 0 Å². The Bertz CT molecular complexity index is 699. The Morgan fingerprint density at radius 3 is 2.50 bits per heavy atom. The molecule has 5 heteroatoms. The van der Waals surface area contributed by atoms with Crippen molar-refractivity contribution < 1.29 is 9.53 Å². The third-order valence-electron chi connectivity index (χ3n) is 3.48. The molecule has 0 aliphatic heterocycles. The maximum atomic E-state index is 11.9. The van der Waals surface area contributed by atoms with E-state index in [1.165, 1.54) is 5.56 Å². The number of hydrogen-bond donors (Lipinski definition) is 2. The van der Waals surface area contributed by atoms with E-state index in [1.54, 1.807) is 0 Å². The highest BCUT2D eigenvalue weighted by atomic mass is 32.1. The topological polar surface area (TPSA) is 50.4 Å². The van der Waals surface area contributed by atoms with Gasteiger partial charge in [-0.1, -0.05) is 35.9 Å². The summed E-state index contributed by atoms with van der Waals surface area (Å²) in [5.74, 6) is 0.700. The van der Waals surface area contributed by atoms with Crippen molar-refractivity contribution in [2.75, 3.05) is 11.9 Å². The predicted octanol–water partition coefficient (Wildman–Crippen LogP) is 3.98. The molecule has 0 radical (unpaired) electrons. The minimum Gasteiger partial charge on any atom is -0.494 e. The quantitative estimate of drug-likeness (QED) is 0.616. The van der Waals surface area contributed by atoms with Gasteiger partial charge in [-0.05, 0) is 56.2 Å². The zero-order valence-electron chi connectivity index (χ0n) is 14.0. The van der Waals surface area contributed by atoms with Crippen LogP contribution in [0.5, 0.6) is 5.75 Å². The van der Waals surface area contributed by atoms with E-state index < -0.39 is 0 Å². The van der Waals surface area contributed by atoms with E-state index in [1.807, 2.05) is 62.4 Å². The van der Waals surface area contributed by atoms with Crippen LogP contribution in [0.25, 0.3) is 0 Å². The lowest BCUT2D eigenvalue weighted by atomic mass is 10.2. The highest BCUT2D eigenvalue weighted by molar-refractivity contribution is 7.80. The van der Waals surface area contributed by atoms with Gasteiger partial charge in [0, 0.05) is 12.1 Å². The minimum absolute atomic E-state index is 0.117. The molecule has 2 rings (SSSR count). The van der Waals surface area contributed by atoms with Crippen LogP contribution in [-0.2, 0) is 4.79 Å². The van der Waals surface area contributed by atoms with Crippen LogP contribution < -0.4 is 15.4 Å². The van der Waals surface area contributed by atoms with Gasteiger partial charge in [0.05, 0.1) is 6.61 Å². The highest BCUT2D eigenvalue weighted by Crippen LogP contribution is 2.13. The van der Waals surface area contributed by atoms with Gasteiger partial charge in [-0.25, -0.2) is 0 Å². The van der Waals surface area contributed by atoms with Crippen LogP contribution >= 0.6 is 12.2 Å². The average Bonchev–Trinajstić information content (AvgIpc) is 2.55. The number of amides is 1. The van der Waals surface area contributed by atoms with Gasteiger partial charge < -0.3 is 15.4 Å². The Balaban J connectivity index is 1.66. The summed E-state index contributed by atoms with van der Waals surface area (Å²) in [5, 5.41) is 6.03. The fraction of sp³-hybridized carbons (Fsp3) is 0.263. The summed E-state index contributed by atoms with van der Waals surface area (Å²) in [6.07, 6.45) is 0.994. The number of carbonyl (C=O) groups excluding carboxylic acids is 1. The molecule has 0 atom stereocenters. The zero-order valence-corrected chi connectivity index (χ0v) is 14.8. The van der Waals surface area contributed by atoms with Crippen molar-refractivity contribution >= 4 is 28.9 Å². The fourth-order valence-electron chi connectivity index (χ4n) is 2.11. The van der Waals surface area contributed by atoms with E-state index in [0.29, 0.717) is 24.6 Å². The van der Waals surface area contributed by atoms with E-state index in [0.717, 1.165) is 17.0 Å². The SMILES string of the molecule is Cc1ccc(OCCCC(=O)NC(=S)Nc2ccccc2C)cc1. The molecule has 24 heavy (non-hydrogen) atoms. The van der Waals surface area contributed by atoms with Crippen molar-refractivity contribution in [1.29, 1.82) is 0 Å². The third kappa shape index (κ3) is 6.01. The molecule has 0 fully saturated rings. The average molecular weight is 342 g/mol.